The normalized spacial score (nSPS) is 13.1. The fourth-order valence-electron chi connectivity index (χ4n) is 1.29. The molecule has 100 valence electrons. The lowest BCUT2D eigenvalue weighted by atomic mass is 10.2. The standard InChI is InChI=1S/C10H13ClN2O4S/c1-2-9(10(14)12-15)13-18(16,17)8-5-3-4-7(11)6-8/h3-6,9,13,15H,2H2,1H3,(H,12,14)/t9-/m1/s1. The highest BCUT2D eigenvalue weighted by molar-refractivity contribution is 7.89. The van der Waals surface area contributed by atoms with E-state index in [0.29, 0.717) is 0 Å². The molecule has 1 atom stereocenters. The van der Waals surface area contributed by atoms with Crippen LogP contribution in [0.25, 0.3) is 0 Å². The first-order valence-corrected chi connectivity index (χ1v) is 6.98. The predicted molar refractivity (Wildman–Crippen MR) is 65.8 cm³/mol. The minimum Gasteiger partial charge on any atom is -0.289 e. The molecule has 0 spiro atoms. The van der Waals surface area contributed by atoms with Crippen LogP contribution in [0.4, 0.5) is 0 Å². The Morgan fingerprint density at radius 3 is 2.67 bits per heavy atom. The molecular formula is C10H13ClN2O4S. The van der Waals surface area contributed by atoms with Crippen LogP contribution >= 0.6 is 11.6 Å². The first-order valence-electron chi connectivity index (χ1n) is 5.12. The summed E-state index contributed by atoms with van der Waals surface area (Å²) in [6.07, 6.45) is 0.201. The first-order chi connectivity index (χ1) is 8.40. The highest BCUT2D eigenvalue weighted by Gasteiger charge is 2.24. The zero-order chi connectivity index (χ0) is 13.8. The minimum absolute atomic E-state index is 0.0424. The van der Waals surface area contributed by atoms with Crippen molar-refractivity contribution in [2.75, 3.05) is 0 Å². The maximum atomic E-state index is 11.9. The summed E-state index contributed by atoms with van der Waals surface area (Å²) in [4.78, 5) is 11.2. The Kier molecular flexibility index (Phi) is 5.09. The number of hydroxylamine groups is 1. The summed E-state index contributed by atoms with van der Waals surface area (Å²) in [5, 5.41) is 8.77. The van der Waals surface area contributed by atoms with Crippen LogP contribution in [0.15, 0.2) is 29.2 Å². The molecule has 0 unspecified atom stereocenters. The quantitative estimate of drug-likeness (QED) is 0.555. The summed E-state index contributed by atoms with van der Waals surface area (Å²) in [5.41, 5.74) is 1.41. The molecule has 0 heterocycles. The van der Waals surface area contributed by atoms with Crippen LogP contribution in [0.5, 0.6) is 0 Å². The zero-order valence-corrected chi connectivity index (χ0v) is 11.1. The predicted octanol–water partition coefficient (Wildman–Crippen LogP) is 0.902. The van der Waals surface area contributed by atoms with E-state index in [1.54, 1.807) is 6.92 Å². The van der Waals surface area contributed by atoms with Gasteiger partial charge in [0, 0.05) is 5.02 Å². The number of hydrogen-bond donors (Lipinski definition) is 3. The molecule has 0 aliphatic rings. The molecular weight excluding hydrogens is 280 g/mol. The van der Waals surface area contributed by atoms with Crippen molar-refractivity contribution in [2.45, 2.75) is 24.3 Å². The van der Waals surface area contributed by atoms with Crippen molar-refractivity contribution >= 4 is 27.5 Å². The van der Waals surface area contributed by atoms with Crippen molar-refractivity contribution in [3.8, 4) is 0 Å². The summed E-state index contributed by atoms with van der Waals surface area (Å²) in [7, 11) is -3.86. The Morgan fingerprint density at radius 2 is 2.17 bits per heavy atom. The van der Waals surface area contributed by atoms with Gasteiger partial charge in [-0.05, 0) is 24.6 Å². The van der Waals surface area contributed by atoms with Gasteiger partial charge in [-0.3, -0.25) is 10.0 Å². The number of carbonyl (C=O) groups excluding carboxylic acids is 1. The molecule has 1 aromatic carbocycles. The molecule has 1 aromatic rings. The van der Waals surface area contributed by atoms with Gasteiger partial charge in [-0.25, -0.2) is 13.9 Å². The number of rotatable bonds is 5. The van der Waals surface area contributed by atoms with Gasteiger partial charge >= 0.3 is 0 Å². The highest BCUT2D eigenvalue weighted by Crippen LogP contribution is 2.15. The van der Waals surface area contributed by atoms with Crippen molar-refractivity contribution in [1.29, 1.82) is 0 Å². The topological polar surface area (TPSA) is 95.5 Å². The lowest BCUT2D eigenvalue weighted by Gasteiger charge is -2.14. The third-order valence-corrected chi connectivity index (χ3v) is 3.94. The van der Waals surface area contributed by atoms with Crippen LogP contribution in [-0.2, 0) is 14.8 Å². The van der Waals surface area contributed by atoms with E-state index in [9.17, 15) is 13.2 Å². The van der Waals surface area contributed by atoms with Crippen molar-refractivity contribution in [3.63, 3.8) is 0 Å². The minimum atomic E-state index is -3.86. The summed E-state index contributed by atoms with van der Waals surface area (Å²) >= 11 is 5.70. The lowest BCUT2D eigenvalue weighted by Crippen LogP contribution is -2.45. The number of benzene rings is 1. The summed E-state index contributed by atoms with van der Waals surface area (Å²) < 4.78 is 26.1. The molecule has 0 saturated heterocycles. The molecule has 8 heteroatoms. The number of nitrogens with one attached hydrogen (secondary N) is 2. The molecule has 0 aliphatic heterocycles. The molecule has 3 N–H and O–H groups in total. The second-order valence-corrected chi connectivity index (χ2v) is 5.67. The van der Waals surface area contributed by atoms with Crippen LogP contribution in [-0.4, -0.2) is 25.6 Å². The van der Waals surface area contributed by atoms with Crippen LogP contribution < -0.4 is 10.2 Å². The molecule has 0 saturated carbocycles. The molecule has 0 radical (unpaired) electrons. The average molecular weight is 293 g/mol. The maximum absolute atomic E-state index is 11.9. The monoisotopic (exact) mass is 292 g/mol. The summed E-state index contributed by atoms with van der Waals surface area (Å²) in [6, 6.07) is 4.62. The molecule has 0 aromatic heterocycles. The Balaban J connectivity index is 2.97. The summed E-state index contributed by atoms with van der Waals surface area (Å²) in [6.45, 7) is 1.61. The Bertz CT molecular complexity index is 532. The third kappa shape index (κ3) is 3.67. The van der Waals surface area contributed by atoms with Crippen molar-refractivity contribution < 1.29 is 18.4 Å². The van der Waals surface area contributed by atoms with Crippen LogP contribution in [0.3, 0.4) is 0 Å². The highest BCUT2D eigenvalue weighted by atomic mass is 35.5. The SMILES string of the molecule is CC[C@@H](NS(=O)(=O)c1cccc(Cl)c1)C(=O)NO. The lowest BCUT2D eigenvalue weighted by molar-refractivity contribution is -0.131. The average Bonchev–Trinajstić information content (AvgIpc) is 2.35. The van der Waals surface area contributed by atoms with E-state index in [-0.39, 0.29) is 16.3 Å². The summed E-state index contributed by atoms with van der Waals surface area (Å²) in [5.74, 6) is -0.817. The van der Waals surface area contributed by atoms with Crippen molar-refractivity contribution in [2.24, 2.45) is 0 Å². The number of sulfonamides is 1. The second kappa shape index (κ2) is 6.14. The fourth-order valence-corrected chi connectivity index (χ4v) is 2.87. The van der Waals surface area contributed by atoms with E-state index in [4.69, 9.17) is 16.8 Å². The van der Waals surface area contributed by atoms with Crippen molar-refractivity contribution in [1.82, 2.24) is 10.2 Å². The Hall–Kier alpha value is -1.15. The van der Waals surface area contributed by atoms with Gasteiger partial charge in [0.1, 0.15) is 6.04 Å². The van der Waals surface area contributed by atoms with Crippen LogP contribution in [0.1, 0.15) is 13.3 Å². The van der Waals surface area contributed by atoms with Crippen molar-refractivity contribution in [3.05, 3.63) is 29.3 Å². The maximum Gasteiger partial charge on any atom is 0.261 e. The van der Waals surface area contributed by atoms with Gasteiger partial charge in [0.05, 0.1) is 4.90 Å². The van der Waals surface area contributed by atoms with Crippen LogP contribution in [0.2, 0.25) is 5.02 Å². The van der Waals surface area contributed by atoms with Gasteiger partial charge in [-0.15, -0.1) is 0 Å². The number of amides is 1. The largest absolute Gasteiger partial charge is 0.289 e. The Morgan fingerprint density at radius 1 is 1.50 bits per heavy atom. The molecule has 1 rings (SSSR count). The van der Waals surface area contributed by atoms with Gasteiger partial charge in [0.15, 0.2) is 0 Å². The van der Waals surface area contributed by atoms with E-state index in [2.05, 4.69) is 4.72 Å². The second-order valence-electron chi connectivity index (χ2n) is 3.52. The van der Waals surface area contributed by atoms with Crippen LogP contribution in [0, 0.1) is 0 Å². The number of hydrogen-bond acceptors (Lipinski definition) is 4. The molecule has 6 nitrogen and oxygen atoms in total. The van der Waals surface area contributed by atoms with E-state index >= 15 is 0 Å². The number of halogens is 1. The molecule has 18 heavy (non-hydrogen) atoms. The zero-order valence-electron chi connectivity index (χ0n) is 9.55. The Labute approximate surface area is 110 Å². The van der Waals surface area contributed by atoms with Gasteiger partial charge in [-0.1, -0.05) is 24.6 Å². The van der Waals surface area contributed by atoms with E-state index in [1.165, 1.54) is 29.7 Å². The first kappa shape index (κ1) is 14.9. The van der Waals surface area contributed by atoms with E-state index in [1.807, 2.05) is 0 Å². The van der Waals surface area contributed by atoms with Gasteiger partial charge < -0.3 is 0 Å². The van der Waals surface area contributed by atoms with E-state index in [0.717, 1.165) is 0 Å². The molecule has 0 aliphatic carbocycles. The third-order valence-electron chi connectivity index (χ3n) is 2.24. The molecule has 1 amide bonds. The van der Waals surface area contributed by atoms with Gasteiger partial charge in [0.2, 0.25) is 10.0 Å². The van der Waals surface area contributed by atoms with Gasteiger partial charge in [0.25, 0.3) is 5.91 Å². The number of carbonyl (C=O) groups is 1. The van der Waals surface area contributed by atoms with Gasteiger partial charge in [-0.2, -0.15) is 4.72 Å². The van der Waals surface area contributed by atoms with E-state index < -0.39 is 22.0 Å². The molecule has 0 bridgehead atoms. The molecule has 0 fully saturated rings. The fraction of sp³-hybridized carbons (Fsp3) is 0.300. The smallest absolute Gasteiger partial charge is 0.261 e.